The Morgan fingerprint density at radius 1 is 1.41 bits per heavy atom. The van der Waals surface area contributed by atoms with Crippen LogP contribution in [0.5, 0.6) is 0 Å². The summed E-state index contributed by atoms with van der Waals surface area (Å²) in [6.07, 6.45) is 2.95. The molecular formula is C15H15N3O4. The maximum atomic E-state index is 12.1. The highest BCUT2D eigenvalue weighted by molar-refractivity contribution is 5.88. The first-order valence-corrected chi connectivity index (χ1v) is 6.85. The first kappa shape index (κ1) is 14.4. The zero-order chi connectivity index (χ0) is 15.5. The zero-order valence-electron chi connectivity index (χ0n) is 12.1. The van der Waals surface area contributed by atoms with Crippen LogP contribution < -0.4 is 5.56 Å². The molecular weight excluding hydrogens is 286 g/mol. The van der Waals surface area contributed by atoms with Crippen molar-refractivity contribution in [1.82, 2.24) is 14.5 Å². The van der Waals surface area contributed by atoms with Gasteiger partial charge in [0.15, 0.2) is 0 Å². The first-order chi connectivity index (χ1) is 10.7. The molecule has 0 bridgehead atoms. The van der Waals surface area contributed by atoms with Gasteiger partial charge in [0, 0.05) is 18.2 Å². The summed E-state index contributed by atoms with van der Waals surface area (Å²) >= 11 is 0. The van der Waals surface area contributed by atoms with Gasteiger partial charge in [-0.1, -0.05) is 0 Å². The fourth-order valence-corrected chi connectivity index (χ4v) is 2.12. The van der Waals surface area contributed by atoms with Gasteiger partial charge in [-0.25, -0.2) is 9.78 Å². The Labute approximate surface area is 126 Å². The predicted octanol–water partition coefficient (Wildman–Crippen LogP) is 0.587. The molecule has 0 spiro atoms. The molecule has 1 saturated heterocycles. The number of rotatable bonds is 4. The van der Waals surface area contributed by atoms with Gasteiger partial charge in [-0.2, -0.15) is 0 Å². The molecule has 7 heteroatoms. The Bertz CT molecular complexity index is 735. The topological polar surface area (TPSA) is 83.3 Å². The summed E-state index contributed by atoms with van der Waals surface area (Å²) in [5.41, 5.74) is 1.67. The van der Waals surface area contributed by atoms with E-state index in [4.69, 9.17) is 4.74 Å². The van der Waals surface area contributed by atoms with E-state index in [1.807, 2.05) is 0 Å². The third-order valence-electron chi connectivity index (χ3n) is 3.54. The standard InChI is InChI=1S/C15H15N3O4/c1-21-15(20)10-2-3-12(16-5-10)6-18-9-17-13(4-14(18)19)11-7-22-8-11/h2-5,9,11H,6-8H2,1H3. The van der Waals surface area contributed by atoms with E-state index < -0.39 is 5.97 Å². The van der Waals surface area contributed by atoms with Crippen LogP contribution in [0, 0.1) is 0 Å². The van der Waals surface area contributed by atoms with Crippen LogP contribution >= 0.6 is 0 Å². The number of methoxy groups -OCH3 is 1. The van der Waals surface area contributed by atoms with Crippen molar-refractivity contribution in [3.05, 3.63) is 58.0 Å². The molecule has 0 N–H and O–H groups in total. The summed E-state index contributed by atoms with van der Waals surface area (Å²) in [6, 6.07) is 4.84. The molecule has 2 aromatic heterocycles. The van der Waals surface area contributed by atoms with Gasteiger partial charge in [0.1, 0.15) is 0 Å². The maximum Gasteiger partial charge on any atom is 0.339 e. The number of ether oxygens (including phenoxy) is 2. The van der Waals surface area contributed by atoms with Crippen LogP contribution in [0.1, 0.15) is 27.7 Å². The van der Waals surface area contributed by atoms with Gasteiger partial charge in [0.05, 0.1) is 50.1 Å². The van der Waals surface area contributed by atoms with Crippen molar-refractivity contribution in [2.45, 2.75) is 12.5 Å². The molecule has 1 aliphatic heterocycles. The van der Waals surface area contributed by atoms with Gasteiger partial charge in [-0.3, -0.25) is 14.3 Å². The summed E-state index contributed by atoms with van der Waals surface area (Å²) < 4.78 is 11.2. The number of hydrogen-bond acceptors (Lipinski definition) is 6. The summed E-state index contributed by atoms with van der Waals surface area (Å²) in [5, 5.41) is 0. The molecule has 0 aromatic carbocycles. The molecule has 1 aliphatic rings. The zero-order valence-corrected chi connectivity index (χ0v) is 12.1. The van der Waals surface area contributed by atoms with Crippen LogP contribution in [0.4, 0.5) is 0 Å². The molecule has 0 saturated carbocycles. The van der Waals surface area contributed by atoms with Crippen molar-refractivity contribution in [3.8, 4) is 0 Å². The van der Waals surface area contributed by atoms with E-state index in [0.29, 0.717) is 31.0 Å². The van der Waals surface area contributed by atoms with Gasteiger partial charge in [-0.15, -0.1) is 0 Å². The van der Waals surface area contributed by atoms with Crippen LogP contribution in [0.15, 0.2) is 35.5 Å². The minimum atomic E-state index is -0.440. The molecule has 3 heterocycles. The molecule has 2 aromatic rings. The molecule has 0 unspecified atom stereocenters. The number of aromatic nitrogens is 3. The third kappa shape index (κ3) is 2.89. The lowest BCUT2D eigenvalue weighted by atomic mass is 10.0. The van der Waals surface area contributed by atoms with Crippen molar-refractivity contribution in [1.29, 1.82) is 0 Å². The normalized spacial score (nSPS) is 14.4. The largest absolute Gasteiger partial charge is 0.465 e. The molecule has 0 atom stereocenters. The molecule has 0 amide bonds. The smallest absolute Gasteiger partial charge is 0.339 e. The quantitative estimate of drug-likeness (QED) is 0.768. The minimum absolute atomic E-state index is 0.129. The fourth-order valence-electron chi connectivity index (χ4n) is 2.12. The van der Waals surface area contributed by atoms with Gasteiger partial charge in [-0.05, 0) is 12.1 Å². The van der Waals surface area contributed by atoms with E-state index >= 15 is 0 Å². The lowest BCUT2D eigenvalue weighted by Crippen LogP contribution is -2.29. The van der Waals surface area contributed by atoms with Crippen LogP contribution in [-0.2, 0) is 16.0 Å². The van der Waals surface area contributed by atoms with Crippen LogP contribution in [0.3, 0.4) is 0 Å². The first-order valence-electron chi connectivity index (χ1n) is 6.85. The fraction of sp³-hybridized carbons (Fsp3) is 0.333. The lowest BCUT2D eigenvalue weighted by molar-refractivity contribution is 0.00656. The number of esters is 1. The second kappa shape index (κ2) is 6.07. The van der Waals surface area contributed by atoms with E-state index in [-0.39, 0.29) is 11.5 Å². The average Bonchev–Trinajstić information content (AvgIpc) is 2.48. The Morgan fingerprint density at radius 3 is 2.77 bits per heavy atom. The third-order valence-corrected chi connectivity index (χ3v) is 3.54. The summed E-state index contributed by atoms with van der Waals surface area (Å²) in [4.78, 5) is 31.9. The van der Waals surface area contributed by atoms with E-state index in [1.54, 1.807) is 12.1 Å². The maximum absolute atomic E-state index is 12.1. The van der Waals surface area contributed by atoms with Crippen LogP contribution in [-0.4, -0.2) is 40.8 Å². The number of hydrogen-bond donors (Lipinski definition) is 0. The molecule has 114 valence electrons. The number of nitrogens with zero attached hydrogens (tertiary/aromatic N) is 3. The Kier molecular flexibility index (Phi) is 3.97. The number of carbonyl (C=O) groups excluding carboxylic acids is 1. The van der Waals surface area contributed by atoms with Gasteiger partial charge >= 0.3 is 5.97 Å². The van der Waals surface area contributed by atoms with E-state index in [9.17, 15) is 9.59 Å². The molecule has 0 aliphatic carbocycles. The highest BCUT2D eigenvalue weighted by atomic mass is 16.5. The van der Waals surface area contributed by atoms with Crippen molar-refractivity contribution >= 4 is 5.97 Å². The molecule has 22 heavy (non-hydrogen) atoms. The van der Waals surface area contributed by atoms with Crippen molar-refractivity contribution in [2.24, 2.45) is 0 Å². The summed E-state index contributed by atoms with van der Waals surface area (Å²) in [7, 11) is 1.32. The van der Waals surface area contributed by atoms with Gasteiger partial charge < -0.3 is 9.47 Å². The van der Waals surface area contributed by atoms with Crippen LogP contribution in [0.2, 0.25) is 0 Å². The Balaban J connectivity index is 1.75. The Morgan fingerprint density at radius 2 is 2.23 bits per heavy atom. The number of pyridine rings is 1. The van der Waals surface area contributed by atoms with Crippen molar-refractivity contribution < 1.29 is 14.3 Å². The minimum Gasteiger partial charge on any atom is -0.465 e. The summed E-state index contributed by atoms with van der Waals surface area (Å²) in [6.45, 7) is 1.54. The second-order valence-corrected chi connectivity index (χ2v) is 5.04. The average molecular weight is 301 g/mol. The Hall–Kier alpha value is -2.54. The molecule has 7 nitrogen and oxygen atoms in total. The number of carbonyl (C=O) groups is 1. The summed E-state index contributed by atoms with van der Waals surface area (Å²) in [5.74, 6) is -0.218. The van der Waals surface area contributed by atoms with Crippen molar-refractivity contribution in [2.75, 3.05) is 20.3 Å². The van der Waals surface area contributed by atoms with E-state index in [0.717, 1.165) is 5.69 Å². The second-order valence-electron chi connectivity index (χ2n) is 5.04. The highest BCUT2D eigenvalue weighted by Crippen LogP contribution is 2.20. The highest BCUT2D eigenvalue weighted by Gasteiger charge is 2.22. The van der Waals surface area contributed by atoms with Gasteiger partial charge in [0.2, 0.25) is 0 Å². The molecule has 0 radical (unpaired) electrons. The van der Waals surface area contributed by atoms with Crippen molar-refractivity contribution in [3.63, 3.8) is 0 Å². The molecule has 1 fully saturated rings. The predicted molar refractivity (Wildman–Crippen MR) is 76.7 cm³/mol. The van der Waals surface area contributed by atoms with E-state index in [2.05, 4.69) is 14.7 Å². The van der Waals surface area contributed by atoms with Gasteiger partial charge in [0.25, 0.3) is 5.56 Å². The lowest BCUT2D eigenvalue weighted by Gasteiger charge is -2.25. The van der Waals surface area contributed by atoms with Crippen LogP contribution in [0.25, 0.3) is 0 Å². The monoisotopic (exact) mass is 301 g/mol. The molecule has 3 rings (SSSR count). The van der Waals surface area contributed by atoms with E-state index in [1.165, 1.54) is 30.3 Å². The SMILES string of the molecule is COC(=O)c1ccc(Cn2cnc(C3COC3)cc2=O)nc1.